The van der Waals surface area contributed by atoms with Gasteiger partial charge in [0.2, 0.25) is 0 Å². The average Bonchev–Trinajstić information content (AvgIpc) is 3.14. The minimum absolute atomic E-state index is 0.764. The highest BCUT2D eigenvalue weighted by atomic mass is 15.3. The van der Waals surface area contributed by atoms with E-state index < -0.39 is 0 Å². The zero-order valence-corrected chi connectivity index (χ0v) is 9.68. The summed E-state index contributed by atoms with van der Waals surface area (Å²) in [5, 5.41) is 4.23. The molecule has 1 aromatic rings. The first kappa shape index (κ1) is 10.1. The molecule has 2 N–H and O–H groups in total. The van der Waals surface area contributed by atoms with Crippen LogP contribution in [0.3, 0.4) is 0 Å². The van der Waals surface area contributed by atoms with Crippen LogP contribution in [-0.2, 0) is 6.54 Å². The molecule has 2 aliphatic carbocycles. The SMILES string of the molecule is Nc1cnn(CCN(CC2CC2)C2CC2)c1. The maximum atomic E-state index is 5.65. The summed E-state index contributed by atoms with van der Waals surface area (Å²) in [7, 11) is 0. The van der Waals surface area contributed by atoms with Crippen LogP contribution in [-0.4, -0.2) is 33.8 Å². The van der Waals surface area contributed by atoms with E-state index in [0.717, 1.165) is 30.7 Å². The van der Waals surface area contributed by atoms with E-state index in [-0.39, 0.29) is 0 Å². The standard InChI is InChI=1S/C12H20N4/c13-11-7-14-16(9-11)6-5-15(12-3-4-12)8-10-1-2-10/h7,9-10,12H,1-6,8,13H2. The van der Waals surface area contributed by atoms with Gasteiger partial charge in [0.05, 0.1) is 18.4 Å². The lowest BCUT2D eigenvalue weighted by Crippen LogP contribution is -2.31. The number of rotatable bonds is 6. The highest BCUT2D eigenvalue weighted by molar-refractivity contribution is 5.30. The topological polar surface area (TPSA) is 47.1 Å². The normalized spacial score (nSPS) is 20.6. The molecule has 16 heavy (non-hydrogen) atoms. The van der Waals surface area contributed by atoms with Crippen LogP contribution in [0.5, 0.6) is 0 Å². The summed E-state index contributed by atoms with van der Waals surface area (Å²) in [6, 6.07) is 0.869. The van der Waals surface area contributed by atoms with Crippen molar-refractivity contribution in [3.63, 3.8) is 0 Å². The van der Waals surface area contributed by atoms with E-state index in [1.165, 1.54) is 32.2 Å². The molecule has 0 spiro atoms. The summed E-state index contributed by atoms with van der Waals surface area (Å²) in [6.45, 7) is 3.41. The Bertz CT molecular complexity index is 352. The maximum absolute atomic E-state index is 5.65. The van der Waals surface area contributed by atoms with E-state index in [0.29, 0.717) is 0 Å². The molecule has 2 fully saturated rings. The van der Waals surface area contributed by atoms with Gasteiger partial charge in [0.15, 0.2) is 0 Å². The van der Waals surface area contributed by atoms with Gasteiger partial charge in [-0.2, -0.15) is 5.10 Å². The zero-order valence-electron chi connectivity index (χ0n) is 9.68. The monoisotopic (exact) mass is 220 g/mol. The van der Waals surface area contributed by atoms with Crippen molar-refractivity contribution in [2.75, 3.05) is 18.8 Å². The number of nitrogens with two attached hydrogens (primary N) is 1. The van der Waals surface area contributed by atoms with Gasteiger partial charge in [-0.25, -0.2) is 0 Å². The van der Waals surface area contributed by atoms with E-state index in [1.807, 2.05) is 10.9 Å². The number of hydrogen-bond donors (Lipinski definition) is 1. The zero-order chi connectivity index (χ0) is 11.0. The molecular weight excluding hydrogens is 200 g/mol. The van der Waals surface area contributed by atoms with Gasteiger partial charge in [-0.1, -0.05) is 0 Å². The van der Waals surface area contributed by atoms with Gasteiger partial charge in [0, 0.05) is 25.3 Å². The Morgan fingerprint density at radius 3 is 2.75 bits per heavy atom. The smallest absolute Gasteiger partial charge is 0.0719 e. The van der Waals surface area contributed by atoms with Crippen LogP contribution in [0.25, 0.3) is 0 Å². The van der Waals surface area contributed by atoms with Gasteiger partial charge in [0.25, 0.3) is 0 Å². The second kappa shape index (κ2) is 4.09. The minimum Gasteiger partial charge on any atom is -0.396 e. The lowest BCUT2D eigenvalue weighted by atomic mass is 10.3. The second-order valence-electron chi connectivity index (χ2n) is 5.21. The van der Waals surface area contributed by atoms with Crippen LogP contribution in [0.1, 0.15) is 25.7 Å². The van der Waals surface area contributed by atoms with Crippen molar-refractivity contribution >= 4 is 5.69 Å². The largest absolute Gasteiger partial charge is 0.396 e. The number of hydrogen-bond acceptors (Lipinski definition) is 3. The lowest BCUT2D eigenvalue weighted by molar-refractivity contribution is 0.239. The second-order valence-corrected chi connectivity index (χ2v) is 5.21. The average molecular weight is 220 g/mol. The molecule has 4 nitrogen and oxygen atoms in total. The molecule has 2 saturated carbocycles. The molecular formula is C12H20N4. The van der Waals surface area contributed by atoms with E-state index in [2.05, 4.69) is 10.00 Å². The van der Waals surface area contributed by atoms with Crippen molar-refractivity contribution in [1.82, 2.24) is 14.7 Å². The molecule has 0 amide bonds. The van der Waals surface area contributed by atoms with E-state index in [9.17, 15) is 0 Å². The molecule has 0 atom stereocenters. The van der Waals surface area contributed by atoms with Crippen LogP contribution in [0, 0.1) is 5.92 Å². The summed E-state index contributed by atoms with van der Waals surface area (Å²) in [5.74, 6) is 0.989. The van der Waals surface area contributed by atoms with Crippen molar-refractivity contribution in [2.24, 2.45) is 5.92 Å². The molecule has 0 saturated heterocycles. The first-order valence-electron chi connectivity index (χ1n) is 6.33. The molecule has 88 valence electrons. The van der Waals surface area contributed by atoms with Crippen LogP contribution >= 0.6 is 0 Å². The van der Waals surface area contributed by atoms with Crippen molar-refractivity contribution in [2.45, 2.75) is 38.3 Å². The predicted octanol–water partition coefficient (Wildman–Crippen LogP) is 1.34. The van der Waals surface area contributed by atoms with Gasteiger partial charge in [0.1, 0.15) is 0 Å². The van der Waals surface area contributed by atoms with Crippen LogP contribution in [0.2, 0.25) is 0 Å². The lowest BCUT2D eigenvalue weighted by Gasteiger charge is -2.21. The van der Waals surface area contributed by atoms with Crippen LogP contribution in [0.4, 0.5) is 5.69 Å². The van der Waals surface area contributed by atoms with Crippen molar-refractivity contribution < 1.29 is 0 Å². The highest BCUT2D eigenvalue weighted by Gasteiger charge is 2.33. The minimum atomic E-state index is 0.764. The van der Waals surface area contributed by atoms with Gasteiger partial charge in [-0.05, 0) is 31.6 Å². The first-order chi connectivity index (χ1) is 7.81. The van der Waals surface area contributed by atoms with Crippen molar-refractivity contribution in [1.29, 1.82) is 0 Å². The Labute approximate surface area is 96.4 Å². The summed E-state index contributed by atoms with van der Waals surface area (Å²) in [4.78, 5) is 2.65. The van der Waals surface area contributed by atoms with E-state index in [4.69, 9.17) is 5.73 Å². The quantitative estimate of drug-likeness (QED) is 0.787. The van der Waals surface area contributed by atoms with Gasteiger partial charge in [-0.3, -0.25) is 9.58 Å². The third-order valence-electron chi connectivity index (χ3n) is 3.52. The van der Waals surface area contributed by atoms with Crippen molar-refractivity contribution in [3.8, 4) is 0 Å². The van der Waals surface area contributed by atoms with E-state index >= 15 is 0 Å². The van der Waals surface area contributed by atoms with Gasteiger partial charge in [-0.15, -0.1) is 0 Å². The fraction of sp³-hybridized carbons (Fsp3) is 0.750. The molecule has 0 unspecified atom stereocenters. The van der Waals surface area contributed by atoms with Crippen LogP contribution < -0.4 is 5.73 Å². The fourth-order valence-electron chi connectivity index (χ4n) is 2.23. The summed E-state index contributed by atoms with van der Waals surface area (Å²) >= 11 is 0. The summed E-state index contributed by atoms with van der Waals surface area (Å²) in [6.07, 6.45) is 9.32. The Morgan fingerprint density at radius 1 is 1.38 bits per heavy atom. The molecule has 0 aromatic carbocycles. The highest BCUT2D eigenvalue weighted by Crippen LogP contribution is 2.34. The number of anilines is 1. The number of nitrogens with zero attached hydrogens (tertiary/aromatic N) is 3. The van der Waals surface area contributed by atoms with Gasteiger partial charge >= 0.3 is 0 Å². The molecule has 3 rings (SSSR count). The maximum Gasteiger partial charge on any atom is 0.0719 e. The molecule has 0 bridgehead atoms. The molecule has 1 aromatic heterocycles. The van der Waals surface area contributed by atoms with E-state index in [1.54, 1.807) is 6.20 Å². The predicted molar refractivity (Wildman–Crippen MR) is 64.0 cm³/mol. The molecule has 2 aliphatic rings. The molecule has 0 aliphatic heterocycles. The Balaban J connectivity index is 1.50. The first-order valence-corrected chi connectivity index (χ1v) is 6.33. The Morgan fingerprint density at radius 2 is 2.19 bits per heavy atom. The summed E-state index contributed by atoms with van der Waals surface area (Å²) < 4.78 is 1.96. The Kier molecular flexibility index (Phi) is 2.59. The Hall–Kier alpha value is -1.03. The van der Waals surface area contributed by atoms with Crippen LogP contribution in [0.15, 0.2) is 12.4 Å². The third kappa shape index (κ3) is 2.55. The van der Waals surface area contributed by atoms with Gasteiger partial charge < -0.3 is 5.73 Å². The summed E-state index contributed by atoms with van der Waals surface area (Å²) in [5.41, 5.74) is 6.41. The third-order valence-corrected chi connectivity index (χ3v) is 3.52. The molecule has 1 heterocycles. The molecule has 0 radical (unpaired) electrons. The molecule has 4 heteroatoms. The number of aromatic nitrogens is 2. The number of nitrogen functional groups attached to an aromatic ring is 1. The van der Waals surface area contributed by atoms with Crippen molar-refractivity contribution in [3.05, 3.63) is 12.4 Å². The fourth-order valence-corrected chi connectivity index (χ4v) is 2.23.